The number of hydrogen-bond acceptors (Lipinski definition) is 2. The molecule has 20 heavy (non-hydrogen) atoms. The van der Waals surface area contributed by atoms with Crippen molar-refractivity contribution in [2.75, 3.05) is 6.54 Å². The van der Waals surface area contributed by atoms with Crippen LogP contribution in [0, 0.1) is 5.92 Å². The Morgan fingerprint density at radius 3 is 2.75 bits per heavy atom. The monoisotopic (exact) mass is 273 g/mol. The van der Waals surface area contributed by atoms with E-state index < -0.39 is 0 Å². The minimum Gasteiger partial charge on any atom is -0.311 e. The topological polar surface area (TPSA) is 29.9 Å². The molecule has 0 radical (unpaired) electrons. The summed E-state index contributed by atoms with van der Waals surface area (Å²) in [5.41, 5.74) is 2.45. The summed E-state index contributed by atoms with van der Waals surface area (Å²) < 4.78 is 2.18. The lowest BCUT2D eigenvalue weighted by atomic mass is 10.2. The predicted octanol–water partition coefficient (Wildman–Crippen LogP) is 3.97. The van der Waals surface area contributed by atoms with E-state index in [-0.39, 0.29) is 0 Å². The van der Waals surface area contributed by atoms with E-state index in [9.17, 15) is 0 Å². The highest BCUT2D eigenvalue weighted by atomic mass is 15.3. The van der Waals surface area contributed by atoms with Crippen LogP contribution in [0.25, 0.3) is 10.9 Å². The number of aromatic nitrogens is 2. The number of hydrogen-bond donors (Lipinski definition) is 1. The number of nitrogens with one attached hydrogen (secondary N) is 1. The molecule has 1 heterocycles. The number of unbranched alkanes of at least 4 members (excludes halogenated alkanes) is 2. The SMILES string of the molecule is CCCCCn1nc(CNCC(C)C)c2ccccc21. The lowest BCUT2D eigenvalue weighted by Gasteiger charge is -2.05. The van der Waals surface area contributed by atoms with Gasteiger partial charge in [-0.15, -0.1) is 0 Å². The second kappa shape index (κ2) is 7.44. The van der Waals surface area contributed by atoms with E-state index >= 15 is 0 Å². The second-order valence-corrected chi connectivity index (χ2v) is 5.92. The van der Waals surface area contributed by atoms with Crippen molar-refractivity contribution in [3.8, 4) is 0 Å². The smallest absolute Gasteiger partial charge is 0.0841 e. The molecular weight excluding hydrogens is 246 g/mol. The molecular formula is C17H27N3. The zero-order valence-electron chi connectivity index (χ0n) is 13.0. The van der Waals surface area contributed by atoms with Gasteiger partial charge in [0.05, 0.1) is 11.2 Å². The van der Waals surface area contributed by atoms with Gasteiger partial charge in [-0.25, -0.2) is 0 Å². The van der Waals surface area contributed by atoms with Crippen LogP contribution >= 0.6 is 0 Å². The first-order valence-corrected chi connectivity index (χ1v) is 7.87. The third-order valence-electron chi connectivity index (χ3n) is 3.55. The van der Waals surface area contributed by atoms with Crippen molar-refractivity contribution in [3.05, 3.63) is 30.0 Å². The van der Waals surface area contributed by atoms with Crippen LogP contribution in [0.4, 0.5) is 0 Å². The van der Waals surface area contributed by atoms with Crippen molar-refractivity contribution in [1.82, 2.24) is 15.1 Å². The number of nitrogens with zero attached hydrogens (tertiary/aromatic N) is 2. The Labute approximate surface area is 122 Å². The zero-order valence-corrected chi connectivity index (χ0v) is 13.0. The summed E-state index contributed by atoms with van der Waals surface area (Å²) in [5.74, 6) is 0.674. The summed E-state index contributed by atoms with van der Waals surface area (Å²) in [4.78, 5) is 0. The average molecular weight is 273 g/mol. The molecule has 0 bridgehead atoms. The van der Waals surface area contributed by atoms with Gasteiger partial charge in [-0.2, -0.15) is 5.10 Å². The highest BCUT2D eigenvalue weighted by Gasteiger charge is 2.09. The molecule has 0 saturated carbocycles. The van der Waals surface area contributed by atoms with Gasteiger partial charge < -0.3 is 5.32 Å². The molecule has 0 saturated heterocycles. The molecule has 0 fully saturated rings. The molecule has 0 atom stereocenters. The van der Waals surface area contributed by atoms with Gasteiger partial charge in [0.25, 0.3) is 0 Å². The van der Waals surface area contributed by atoms with Gasteiger partial charge in [-0.05, 0) is 24.9 Å². The third kappa shape index (κ3) is 3.83. The Hall–Kier alpha value is -1.35. The summed E-state index contributed by atoms with van der Waals surface area (Å²) in [6, 6.07) is 8.57. The number of para-hydroxylation sites is 1. The summed E-state index contributed by atoms with van der Waals surface area (Å²) in [5, 5.41) is 9.60. The minimum absolute atomic E-state index is 0.674. The molecule has 3 nitrogen and oxygen atoms in total. The predicted molar refractivity (Wildman–Crippen MR) is 85.8 cm³/mol. The first kappa shape index (κ1) is 15.0. The van der Waals surface area contributed by atoms with Crippen LogP contribution in [0.2, 0.25) is 0 Å². The lowest BCUT2D eigenvalue weighted by molar-refractivity contribution is 0.532. The van der Waals surface area contributed by atoms with Crippen LogP contribution in [0.3, 0.4) is 0 Å². The number of rotatable bonds is 8. The highest BCUT2D eigenvalue weighted by Crippen LogP contribution is 2.19. The maximum Gasteiger partial charge on any atom is 0.0841 e. The van der Waals surface area contributed by atoms with Crippen LogP contribution in [0.15, 0.2) is 24.3 Å². The summed E-state index contributed by atoms with van der Waals surface area (Å²) in [6.45, 7) is 9.63. The molecule has 1 N–H and O–H groups in total. The van der Waals surface area contributed by atoms with Crippen molar-refractivity contribution >= 4 is 10.9 Å². The van der Waals surface area contributed by atoms with Gasteiger partial charge in [0.1, 0.15) is 0 Å². The molecule has 0 amide bonds. The van der Waals surface area contributed by atoms with Crippen LogP contribution in [-0.4, -0.2) is 16.3 Å². The Balaban J connectivity index is 2.13. The van der Waals surface area contributed by atoms with Crippen LogP contribution in [0.1, 0.15) is 45.7 Å². The molecule has 0 spiro atoms. The standard InChI is InChI=1S/C17H27N3/c1-4-5-8-11-20-17-10-7-6-9-15(17)16(19-20)13-18-12-14(2)3/h6-7,9-10,14,18H,4-5,8,11-13H2,1-3H3. The summed E-state index contributed by atoms with van der Waals surface area (Å²) in [7, 11) is 0. The maximum absolute atomic E-state index is 4.81. The molecule has 1 aromatic carbocycles. The fourth-order valence-electron chi connectivity index (χ4n) is 2.49. The normalized spacial score (nSPS) is 11.6. The molecule has 0 aliphatic heterocycles. The van der Waals surface area contributed by atoms with Gasteiger partial charge in [0.15, 0.2) is 0 Å². The molecule has 0 unspecified atom stereocenters. The van der Waals surface area contributed by atoms with Gasteiger partial charge in [-0.1, -0.05) is 51.8 Å². The van der Waals surface area contributed by atoms with E-state index in [1.807, 2.05) is 0 Å². The third-order valence-corrected chi connectivity index (χ3v) is 3.55. The molecule has 2 rings (SSSR count). The lowest BCUT2D eigenvalue weighted by Crippen LogP contribution is -2.19. The first-order valence-electron chi connectivity index (χ1n) is 7.87. The van der Waals surface area contributed by atoms with Crippen molar-refractivity contribution in [2.24, 2.45) is 5.92 Å². The maximum atomic E-state index is 4.81. The van der Waals surface area contributed by atoms with Crippen molar-refractivity contribution in [2.45, 2.75) is 53.1 Å². The van der Waals surface area contributed by atoms with Crippen molar-refractivity contribution < 1.29 is 0 Å². The van der Waals surface area contributed by atoms with Gasteiger partial charge in [-0.3, -0.25) is 4.68 Å². The first-order chi connectivity index (χ1) is 9.72. The van der Waals surface area contributed by atoms with E-state index in [4.69, 9.17) is 5.10 Å². The average Bonchev–Trinajstić information content (AvgIpc) is 2.78. The number of fused-ring (bicyclic) bond motifs is 1. The van der Waals surface area contributed by atoms with E-state index in [0.29, 0.717) is 5.92 Å². The Kier molecular flexibility index (Phi) is 5.60. The molecule has 0 aliphatic rings. The van der Waals surface area contributed by atoms with Crippen LogP contribution in [0.5, 0.6) is 0 Å². The molecule has 3 heteroatoms. The van der Waals surface area contributed by atoms with E-state index in [0.717, 1.165) is 19.6 Å². The fraction of sp³-hybridized carbons (Fsp3) is 0.588. The molecule has 2 aromatic rings. The van der Waals surface area contributed by atoms with Gasteiger partial charge in [0.2, 0.25) is 0 Å². The Morgan fingerprint density at radius 2 is 2.00 bits per heavy atom. The van der Waals surface area contributed by atoms with E-state index in [2.05, 4.69) is 55.0 Å². The fourth-order valence-corrected chi connectivity index (χ4v) is 2.49. The van der Waals surface area contributed by atoms with Crippen molar-refractivity contribution in [1.29, 1.82) is 0 Å². The number of benzene rings is 1. The molecule has 1 aromatic heterocycles. The Bertz CT molecular complexity index is 528. The van der Waals surface area contributed by atoms with Crippen LogP contribution < -0.4 is 5.32 Å². The van der Waals surface area contributed by atoms with E-state index in [1.54, 1.807) is 0 Å². The molecule has 0 aliphatic carbocycles. The van der Waals surface area contributed by atoms with Gasteiger partial charge >= 0.3 is 0 Å². The van der Waals surface area contributed by atoms with Crippen molar-refractivity contribution in [3.63, 3.8) is 0 Å². The Morgan fingerprint density at radius 1 is 1.20 bits per heavy atom. The van der Waals surface area contributed by atoms with E-state index in [1.165, 1.54) is 35.9 Å². The minimum atomic E-state index is 0.674. The zero-order chi connectivity index (χ0) is 14.4. The second-order valence-electron chi connectivity index (χ2n) is 5.92. The summed E-state index contributed by atoms with van der Waals surface area (Å²) in [6.07, 6.45) is 3.73. The quantitative estimate of drug-likeness (QED) is 0.737. The number of aryl methyl sites for hydroxylation is 1. The highest BCUT2D eigenvalue weighted by molar-refractivity contribution is 5.81. The van der Waals surface area contributed by atoms with Crippen LogP contribution in [-0.2, 0) is 13.1 Å². The van der Waals surface area contributed by atoms with Gasteiger partial charge in [0, 0.05) is 18.5 Å². The molecule has 110 valence electrons. The summed E-state index contributed by atoms with van der Waals surface area (Å²) >= 11 is 0. The largest absolute Gasteiger partial charge is 0.311 e.